The molecule has 0 aliphatic rings. The van der Waals surface area contributed by atoms with Crippen LogP contribution in [-0.4, -0.2) is 4.98 Å². The Labute approximate surface area is 90.8 Å². The van der Waals surface area contributed by atoms with Crippen LogP contribution in [0, 0.1) is 20.8 Å². The van der Waals surface area contributed by atoms with Crippen molar-refractivity contribution in [1.29, 1.82) is 0 Å². The zero-order valence-electron chi connectivity index (χ0n) is 9.41. The van der Waals surface area contributed by atoms with Gasteiger partial charge in [0.25, 0.3) is 0 Å². The topological polar surface area (TPSA) is 12.9 Å². The Bertz CT molecular complexity index is 472. The van der Waals surface area contributed by atoms with Crippen LogP contribution in [0.25, 0.3) is 11.3 Å². The molecule has 2 aromatic rings. The van der Waals surface area contributed by atoms with E-state index in [9.17, 15) is 0 Å². The quantitative estimate of drug-likeness (QED) is 0.679. The number of hydrogen-bond donors (Lipinski definition) is 0. The highest BCUT2D eigenvalue weighted by molar-refractivity contribution is 5.63. The molecule has 1 heterocycles. The molecule has 0 radical (unpaired) electrons. The molecule has 0 N–H and O–H groups in total. The summed E-state index contributed by atoms with van der Waals surface area (Å²) in [6.07, 6.45) is 0. The van der Waals surface area contributed by atoms with Gasteiger partial charge in [-0.15, -0.1) is 0 Å². The summed E-state index contributed by atoms with van der Waals surface area (Å²) in [5.41, 5.74) is 5.90. The molecule has 0 aliphatic carbocycles. The maximum atomic E-state index is 4.64. The highest BCUT2D eigenvalue weighted by Gasteiger charge is 2.05. The van der Waals surface area contributed by atoms with E-state index in [1.165, 1.54) is 16.7 Å². The van der Waals surface area contributed by atoms with E-state index in [2.05, 4.69) is 44.0 Å². The van der Waals surface area contributed by atoms with Crippen LogP contribution in [0.1, 0.15) is 16.8 Å². The van der Waals surface area contributed by atoms with Crippen molar-refractivity contribution in [2.24, 2.45) is 0 Å². The van der Waals surface area contributed by atoms with Gasteiger partial charge in [-0.1, -0.05) is 36.4 Å². The molecule has 0 atom stereocenters. The molecule has 0 unspecified atom stereocenters. The van der Waals surface area contributed by atoms with Gasteiger partial charge >= 0.3 is 0 Å². The second kappa shape index (κ2) is 3.85. The predicted octanol–water partition coefficient (Wildman–Crippen LogP) is 3.67. The molecule has 0 saturated heterocycles. The molecule has 0 spiro atoms. The van der Waals surface area contributed by atoms with Crippen molar-refractivity contribution in [2.75, 3.05) is 0 Å². The molecule has 0 bridgehead atoms. The third-order valence-corrected chi connectivity index (χ3v) is 2.70. The van der Waals surface area contributed by atoms with Crippen molar-refractivity contribution in [3.05, 3.63) is 53.2 Å². The Balaban J connectivity index is 2.59. The maximum Gasteiger partial charge on any atom is 0.0734 e. The van der Waals surface area contributed by atoms with Crippen LogP contribution in [0.4, 0.5) is 0 Å². The molecular formula is C14H15N. The van der Waals surface area contributed by atoms with Crippen molar-refractivity contribution in [1.82, 2.24) is 4.98 Å². The molecule has 1 aromatic heterocycles. The van der Waals surface area contributed by atoms with E-state index in [0.29, 0.717) is 0 Å². The lowest BCUT2D eigenvalue weighted by atomic mass is 10.0. The summed E-state index contributed by atoms with van der Waals surface area (Å²) in [5, 5.41) is 0. The van der Waals surface area contributed by atoms with Gasteiger partial charge in [-0.05, 0) is 31.9 Å². The molecule has 15 heavy (non-hydrogen) atoms. The highest BCUT2D eigenvalue weighted by atomic mass is 14.7. The normalized spacial score (nSPS) is 10.3. The summed E-state index contributed by atoms with van der Waals surface area (Å²) in [6.45, 7) is 6.27. The van der Waals surface area contributed by atoms with Crippen LogP contribution < -0.4 is 0 Å². The van der Waals surface area contributed by atoms with Gasteiger partial charge in [0.15, 0.2) is 0 Å². The Morgan fingerprint density at radius 2 is 1.53 bits per heavy atom. The van der Waals surface area contributed by atoms with Gasteiger partial charge in [-0.2, -0.15) is 0 Å². The van der Waals surface area contributed by atoms with Crippen molar-refractivity contribution >= 4 is 0 Å². The van der Waals surface area contributed by atoms with Gasteiger partial charge < -0.3 is 0 Å². The van der Waals surface area contributed by atoms with Crippen molar-refractivity contribution in [2.45, 2.75) is 20.8 Å². The van der Waals surface area contributed by atoms with E-state index in [4.69, 9.17) is 0 Å². The average molecular weight is 197 g/mol. The minimum Gasteiger partial charge on any atom is -0.253 e. The number of pyridine rings is 1. The molecule has 0 amide bonds. The minimum atomic E-state index is 1.10. The second-order valence-corrected chi connectivity index (χ2v) is 3.92. The van der Waals surface area contributed by atoms with Crippen molar-refractivity contribution in [3.63, 3.8) is 0 Å². The third kappa shape index (κ3) is 1.91. The van der Waals surface area contributed by atoms with Crippen LogP contribution >= 0.6 is 0 Å². The zero-order chi connectivity index (χ0) is 10.8. The number of benzene rings is 1. The summed E-state index contributed by atoms with van der Waals surface area (Å²) in [6, 6.07) is 12.5. The number of rotatable bonds is 1. The molecule has 0 fully saturated rings. The lowest BCUT2D eigenvalue weighted by Gasteiger charge is -2.08. The number of nitrogens with zero attached hydrogens (tertiary/aromatic N) is 1. The fourth-order valence-electron chi connectivity index (χ4n) is 1.73. The van der Waals surface area contributed by atoms with Crippen molar-refractivity contribution in [3.8, 4) is 11.3 Å². The van der Waals surface area contributed by atoms with E-state index < -0.39 is 0 Å². The molecular weight excluding hydrogens is 182 g/mol. The maximum absolute atomic E-state index is 4.64. The van der Waals surface area contributed by atoms with E-state index in [1.54, 1.807) is 0 Å². The SMILES string of the molecule is Cc1cc(C)c(-c2ccccc2)nc1C. The molecule has 2 rings (SSSR count). The summed E-state index contributed by atoms with van der Waals surface area (Å²) >= 11 is 0. The fourth-order valence-corrected chi connectivity index (χ4v) is 1.73. The zero-order valence-corrected chi connectivity index (χ0v) is 9.41. The highest BCUT2D eigenvalue weighted by Crippen LogP contribution is 2.22. The summed E-state index contributed by atoms with van der Waals surface area (Å²) in [5.74, 6) is 0. The third-order valence-electron chi connectivity index (χ3n) is 2.70. The Hall–Kier alpha value is -1.63. The monoisotopic (exact) mass is 197 g/mol. The molecule has 1 aromatic carbocycles. The first-order valence-electron chi connectivity index (χ1n) is 5.19. The second-order valence-electron chi connectivity index (χ2n) is 3.92. The minimum absolute atomic E-state index is 1.10. The molecule has 76 valence electrons. The molecule has 1 heteroatoms. The van der Waals surface area contributed by atoms with Crippen molar-refractivity contribution < 1.29 is 0 Å². The number of hydrogen-bond acceptors (Lipinski definition) is 1. The Morgan fingerprint density at radius 3 is 2.20 bits per heavy atom. The fraction of sp³-hybridized carbons (Fsp3) is 0.214. The van der Waals surface area contributed by atoms with Gasteiger partial charge in [0.2, 0.25) is 0 Å². The van der Waals surface area contributed by atoms with E-state index in [-0.39, 0.29) is 0 Å². The first-order valence-corrected chi connectivity index (χ1v) is 5.19. The van der Waals surface area contributed by atoms with Gasteiger partial charge in [-0.3, -0.25) is 4.98 Å². The van der Waals surface area contributed by atoms with Gasteiger partial charge in [-0.25, -0.2) is 0 Å². The number of aromatic nitrogens is 1. The standard InChI is InChI=1S/C14H15N/c1-10-9-11(2)14(15-12(10)3)13-7-5-4-6-8-13/h4-9H,1-3H3. The van der Waals surface area contributed by atoms with Gasteiger partial charge in [0, 0.05) is 11.3 Å². The molecule has 0 saturated carbocycles. The molecule has 0 aliphatic heterocycles. The van der Waals surface area contributed by atoms with Crippen LogP contribution in [-0.2, 0) is 0 Å². The van der Waals surface area contributed by atoms with E-state index in [1.807, 2.05) is 18.2 Å². The lowest BCUT2D eigenvalue weighted by Crippen LogP contribution is -1.94. The number of aryl methyl sites for hydroxylation is 3. The van der Waals surface area contributed by atoms with Crippen LogP contribution in [0.2, 0.25) is 0 Å². The Morgan fingerprint density at radius 1 is 0.867 bits per heavy atom. The van der Waals surface area contributed by atoms with Crippen LogP contribution in [0.15, 0.2) is 36.4 Å². The van der Waals surface area contributed by atoms with E-state index in [0.717, 1.165) is 11.4 Å². The van der Waals surface area contributed by atoms with E-state index >= 15 is 0 Å². The average Bonchev–Trinajstić information content (AvgIpc) is 2.25. The summed E-state index contributed by atoms with van der Waals surface area (Å²) in [4.78, 5) is 4.64. The largest absolute Gasteiger partial charge is 0.253 e. The van der Waals surface area contributed by atoms with Crippen LogP contribution in [0.5, 0.6) is 0 Å². The predicted molar refractivity (Wildman–Crippen MR) is 63.9 cm³/mol. The smallest absolute Gasteiger partial charge is 0.0734 e. The molecule has 1 nitrogen and oxygen atoms in total. The van der Waals surface area contributed by atoms with Gasteiger partial charge in [0.05, 0.1) is 5.69 Å². The summed E-state index contributed by atoms with van der Waals surface area (Å²) in [7, 11) is 0. The first-order chi connectivity index (χ1) is 7.18. The van der Waals surface area contributed by atoms with Gasteiger partial charge in [0.1, 0.15) is 0 Å². The first kappa shape index (κ1) is 9.91. The summed E-state index contributed by atoms with van der Waals surface area (Å²) < 4.78 is 0. The van der Waals surface area contributed by atoms with Crippen LogP contribution in [0.3, 0.4) is 0 Å². The Kier molecular flexibility index (Phi) is 2.55. The lowest BCUT2D eigenvalue weighted by molar-refractivity contribution is 1.13.